The number of hydrogen-bond donors (Lipinski definition) is 2. The third-order valence-electron chi connectivity index (χ3n) is 3.23. The number of thiazole rings is 1. The number of nitrogens with zero attached hydrogens (tertiary/aromatic N) is 3. The lowest BCUT2D eigenvalue weighted by Crippen LogP contribution is -2.50. The quantitative estimate of drug-likeness (QED) is 0.865. The first kappa shape index (κ1) is 15.2. The second-order valence-electron chi connectivity index (χ2n) is 5.79. The summed E-state index contributed by atoms with van der Waals surface area (Å²) in [5, 5.41) is 19.7. The van der Waals surface area contributed by atoms with E-state index >= 15 is 0 Å². The van der Waals surface area contributed by atoms with Gasteiger partial charge in [-0.25, -0.2) is 9.78 Å². The molecule has 0 atom stereocenters. The van der Waals surface area contributed by atoms with Crippen LogP contribution in [0.1, 0.15) is 29.2 Å². The van der Waals surface area contributed by atoms with E-state index in [-0.39, 0.29) is 0 Å². The number of carboxylic acids is 1. The zero-order valence-electron chi connectivity index (χ0n) is 12.1. The fourth-order valence-electron chi connectivity index (χ4n) is 2.36. The van der Waals surface area contributed by atoms with Crippen molar-refractivity contribution in [3.05, 3.63) is 10.6 Å². The third kappa shape index (κ3) is 3.68. The number of carbonyl (C=O) groups is 1. The molecule has 2 N–H and O–H groups in total. The number of rotatable bonds is 4. The summed E-state index contributed by atoms with van der Waals surface area (Å²) in [6.07, 6.45) is 0. The van der Waals surface area contributed by atoms with Crippen molar-refractivity contribution in [1.29, 1.82) is 0 Å². The SMILES string of the molecule is Cc1nc(N2CCN(CC(C)(C)O)CC2)sc1C(=O)O. The molecule has 6 nitrogen and oxygen atoms in total. The molecule has 1 aromatic rings. The maximum absolute atomic E-state index is 11.0. The predicted molar refractivity (Wildman–Crippen MR) is 78.8 cm³/mol. The molecular weight excluding hydrogens is 278 g/mol. The highest BCUT2D eigenvalue weighted by atomic mass is 32.1. The average molecular weight is 299 g/mol. The van der Waals surface area contributed by atoms with Gasteiger partial charge in [-0.2, -0.15) is 0 Å². The summed E-state index contributed by atoms with van der Waals surface area (Å²) in [4.78, 5) is 20.0. The van der Waals surface area contributed by atoms with Crippen LogP contribution in [0, 0.1) is 6.92 Å². The average Bonchev–Trinajstić information content (AvgIpc) is 2.70. The van der Waals surface area contributed by atoms with Gasteiger partial charge >= 0.3 is 5.97 Å². The van der Waals surface area contributed by atoms with Crippen LogP contribution < -0.4 is 4.90 Å². The van der Waals surface area contributed by atoms with Crippen molar-refractivity contribution in [2.45, 2.75) is 26.4 Å². The van der Waals surface area contributed by atoms with E-state index in [4.69, 9.17) is 5.11 Å². The summed E-state index contributed by atoms with van der Waals surface area (Å²) in [6.45, 7) is 9.32. The van der Waals surface area contributed by atoms with Crippen molar-refractivity contribution in [3.8, 4) is 0 Å². The van der Waals surface area contributed by atoms with Gasteiger partial charge in [0, 0.05) is 32.7 Å². The van der Waals surface area contributed by atoms with Crippen molar-refractivity contribution in [3.63, 3.8) is 0 Å². The molecule has 2 heterocycles. The third-order valence-corrected chi connectivity index (χ3v) is 4.44. The Morgan fingerprint density at radius 3 is 2.40 bits per heavy atom. The maximum Gasteiger partial charge on any atom is 0.347 e. The molecule has 1 aromatic heterocycles. The van der Waals surface area contributed by atoms with E-state index in [1.165, 1.54) is 11.3 Å². The van der Waals surface area contributed by atoms with E-state index in [1.54, 1.807) is 6.92 Å². The van der Waals surface area contributed by atoms with Crippen molar-refractivity contribution in [1.82, 2.24) is 9.88 Å². The molecule has 2 rings (SSSR count). The van der Waals surface area contributed by atoms with Crippen LogP contribution in [0.2, 0.25) is 0 Å². The van der Waals surface area contributed by atoms with Crippen LogP contribution in [-0.2, 0) is 0 Å². The van der Waals surface area contributed by atoms with Crippen molar-refractivity contribution in [2.24, 2.45) is 0 Å². The van der Waals surface area contributed by atoms with Gasteiger partial charge < -0.3 is 15.1 Å². The largest absolute Gasteiger partial charge is 0.477 e. The predicted octanol–water partition coefficient (Wildman–Crippen LogP) is 1.04. The fourth-order valence-corrected chi connectivity index (χ4v) is 3.32. The summed E-state index contributed by atoms with van der Waals surface area (Å²) in [5.74, 6) is -0.910. The molecular formula is C13H21N3O3S. The van der Waals surface area contributed by atoms with E-state index in [9.17, 15) is 9.90 Å². The zero-order chi connectivity index (χ0) is 14.9. The second kappa shape index (κ2) is 5.67. The van der Waals surface area contributed by atoms with Gasteiger partial charge in [-0.3, -0.25) is 4.90 Å². The Bertz CT molecular complexity index is 488. The molecule has 1 fully saturated rings. The summed E-state index contributed by atoms with van der Waals surface area (Å²) in [6, 6.07) is 0. The molecule has 0 bridgehead atoms. The van der Waals surface area contributed by atoms with Crippen molar-refractivity contribution < 1.29 is 15.0 Å². The minimum Gasteiger partial charge on any atom is -0.477 e. The summed E-state index contributed by atoms with van der Waals surface area (Å²) >= 11 is 1.24. The van der Waals surface area contributed by atoms with E-state index in [0.717, 1.165) is 31.3 Å². The highest BCUT2D eigenvalue weighted by molar-refractivity contribution is 7.17. The first-order valence-electron chi connectivity index (χ1n) is 6.67. The van der Waals surface area contributed by atoms with Gasteiger partial charge in [0.25, 0.3) is 0 Å². The summed E-state index contributed by atoms with van der Waals surface area (Å²) in [7, 11) is 0. The van der Waals surface area contributed by atoms with E-state index in [0.29, 0.717) is 17.1 Å². The van der Waals surface area contributed by atoms with Crippen molar-refractivity contribution in [2.75, 3.05) is 37.6 Å². The number of piperazine rings is 1. The molecule has 0 amide bonds. The van der Waals surface area contributed by atoms with Gasteiger partial charge in [0.2, 0.25) is 0 Å². The number of carboxylic acid groups (broad SMARTS) is 1. The first-order chi connectivity index (χ1) is 9.26. The van der Waals surface area contributed by atoms with Crippen LogP contribution >= 0.6 is 11.3 Å². The smallest absolute Gasteiger partial charge is 0.347 e. The molecule has 1 saturated heterocycles. The molecule has 1 aliphatic heterocycles. The van der Waals surface area contributed by atoms with E-state index in [1.807, 2.05) is 13.8 Å². The fraction of sp³-hybridized carbons (Fsp3) is 0.692. The lowest BCUT2D eigenvalue weighted by atomic mass is 10.1. The minimum atomic E-state index is -0.910. The topological polar surface area (TPSA) is 76.9 Å². The number of hydrogen-bond acceptors (Lipinski definition) is 6. The Kier molecular flexibility index (Phi) is 4.31. The van der Waals surface area contributed by atoms with Crippen LogP contribution in [0.15, 0.2) is 0 Å². The summed E-state index contributed by atoms with van der Waals surface area (Å²) < 4.78 is 0. The van der Waals surface area contributed by atoms with Gasteiger partial charge in [-0.05, 0) is 20.8 Å². The Hall–Kier alpha value is -1.18. The number of aromatic carboxylic acids is 1. The second-order valence-corrected chi connectivity index (χ2v) is 6.77. The molecule has 0 radical (unpaired) electrons. The maximum atomic E-state index is 11.0. The molecule has 0 aromatic carbocycles. The molecule has 7 heteroatoms. The zero-order valence-corrected chi connectivity index (χ0v) is 12.9. The van der Waals surface area contributed by atoms with Crippen LogP contribution in [0.3, 0.4) is 0 Å². The van der Waals surface area contributed by atoms with Crippen LogP contribution in [0.25, 0.3) is 0 Å². The molecule has 1 aliphatic rings. The highest BCUT2D eigenvalue weighted by Gasteiger charge is 2.25. The first-order valence-corrected chi connectivity index (χ1v) is 7.48. The minimum absolute atomic E-state index is 0.318. The van der Waals surface area contributed by atoms with Crippen LogP contribution in [0.5, 0.6) is 0 Å². The monoisotopic (exact) mass is 299 g/mol. The van der Waals surface area contributed by atoms with Crippen LogP contribution in [-0.4, -0.2) is 64.4 Å². The highest BCUT2D eigenvalue weighted by Crippen LogP contribution is 2.27. The van der Waals surface area contributed by atoms with E-state index in [2.05, 4.69) is 14.8 Å². The van der Waals surface area contributed by atoms with Gasteiger partial charge in [0.15, 0.2) is 5.13 Å². The number of aryl methyl sites for hydroxylation is 1. The normalized spacial score (nSPS) is 17.5. The standard InChI is InChI=1S/C13H21N3O3S/c1-9-10(11(17)18)20-12(14-9)16-6-4-15(5-7-16)8-13(2,3)19/h19H,4-8H2,1-3H3,(H,17,18). The Morgan fingerprint density at radius 1 is 1.35 bits per heavy atom. The van der Waals surface area contributed by atoms with E-state index < -0.39 is 11.6 Å². The molecule has 0 saturated carbocycles. The number of aromatic nitrogens is 1. The summed E-state index contributed by atoms with van der Waals surface area (Å²) in [5.41, 5.74) is -0.104. The van der Waals surface area contributed by atoms with Gasteiger partial charge in [0.1, 0.15) is 4.88 Å². The molecule has 0 spiro atoms. The lowest BCUT2D eigenvalue weighted by Gasteiger charge is -2.37. The molecule has 20 heavy (non-hydrogen) atoms. The molecule has 0 aliphatic carbocycles. The van der Waals surface area contributed by atoms with Gasteiger partial charge in [0.05, 0.1) is 11.3 Å². The Morgan fingerprint density at radius 2 is 1.95 bits per heavy atom. The van der Waals surface area contributed by atoms with Gasteiger partial charge in [-0.1, -0.05) is 11.3 Å². The Labute approximate surface area is 122 Å². The Balaban J connectivity index is 1.97. The lowest BCUT2D eigenvalue weighted by molar-refractivity contribution is 0.0345. The number of β-amino-alcohol motifs (C(OH)–C–C–N with tert-alkyl or cyclic N) is 1. The van der Waals surface area contributed by atoms with Crippen LogP contribution in [0.4, 0.5) is 5.13 Å². The molecule has 0 unspecified atom stereocenters. The number of anilines is 1. The number of aliphatic hydroxyl groups is 1. The van der Waals surface area contributed by atoms with Crippen molar-refractivity contribution >= 4 is 22.4 Å². The van der Waals surface area contributed by atoms with Gasteiger partial charge in [-0.15, -0.1) is 0 Å². The molecule has 112 valence electrons.